The van der Waals surface area contributed by atoms with E-state index in [-0.39, 0.29) is 5.91 Å². The van der Waals surface area contributed by atoms with Crippen LogP contribution in [0.2, 0.25) is 0 Å². The lowest BCUT2D eigenvalue weighted by molar-refractivity contribution is 0.0953. The summed E-state index contributed by atoms with van der Waals surface area (Å²) >= 11 is 0. The highest BCUT2D eigenvalue weighted by atomic mass is 16.1. The van der Waals surface area contributed by atoms with Crippen molar-refractivity contribution in [3.8, 4) is 0 Å². The zero-order valence-corrected chi connectivity index (χ0v) is 10.3. The van der Waals surface area contributed by atoms with Crippen LogP contribution in [0.25, 0.3) is 0 Å². The van der Waals surface area contributed by atoms with Gasteiger partial charge in [-0.15, -0.1) is 0 Å². The van der Waals surface area contributed by atoms with Crippen molar-refractivity contribution in [2.45, 2.75) is 19.8 Å². The standard InChI is InChI=1S/C14H20N2O/c1-2-3-6-11-16-14(17)13-8-5-4-7-12(13)9-10-15/h2-5,7-8H,6,9-11,15H2,1H3,(H,16,17)/b3-2+. The van der Waals surface area contributed by atoms with Gasteiger partial charge in [0.15, 0.2) is 0 Å². The quantitative estimate of drug-likeness (QED) is 0.581. The molecule has 0 saturated heterocycles. The first kappa shape index (κ1) is 13.5. The van der Waals surface area contributed by atoms with Crippen LogP contribution in [0, 0.1) is 0 Å². The van der Waals surface area contributed by atoms with Crippen molar-refractivity contribution >= 4 is 5.91 Å². The smallest absolute Gasteiger partial charge is 0.251 e. The van der Waals surface area contributed by atoms with E-state index in [2.05, 4.69) is 5.32 Å². The molecule has 0 aliphatic carbocycles. The van der Waals surface area contributed by atoms with Crippen LogP contribution in [-0.2, 0) is 6.42 Å². The van der Waals surface area contributed by atoms with Gasteiger partial charge in [-0.05, 0) is 37.9 Å². The van der Waals surface area contributed by atoms with Gasteiger partial charge in [0.2, 0.25) is 0 Å². The molecule has 0 radical (unpaired) electrons. The second kappa shape index (κ2) is 7.63. The maximum atomic E-state index is 11.9. The summed E-state index contributed by atoms with van der Waals surface area (Å²) in [5, 5.41) is 2.90. The third-order valence-electron chi connectivity index (χ3n) is 2.51. The van der Waals surface area contributed by atoms with Crippen molar-refractivity contribution < 1.29 is 4.79 Å². The van der Waals surface area contributed by atoms with Crippen molar-refractivity contribution in [2.75, 3.05) is 13.1 Å². The van der Waals surface area contributed by atoms with E-state index < -0.39 is 0 Å². The zero-order valence-electron chi connectivity index (χ0n) is 10.3. The van der Waals surface area contributed by atoms with Gasteiger partial charge in [-0.25, -0.2) is 0 Å². The fourth-order valence-corrected chi connectivity index (χ4v) is 1.65. The average molecular weight is 232 g/mol. The van der Waals surface area contributed by atoms with Crippen LogP contribution >= 0.6 is 0 Å². The predicted molar refractivity (Wildman–Crippen MR) is 71.0 cm³/mol. The molecule has 3 heteroatoms. The fourth-order valence-electron chi connectivity index (χ4n) is 1.65. The fraction of sp³-hybridized carbons (Fsp3) is 0.357. The average Bonchev–Trinajstić information content (AvgIpc) is 2.35. The number of carbonyl (C=O) groups is 1. The van der Waals surface area contributed by atoms with E-state index in [1.807, 2.05) is 43.3 Å². The molecule has 17 heavy (non-hydrogen) atoms. The van der Waals surface area contributed by atoms with E-state index in [9.17, 15) is 4.79 Å². The Kier molecular flexibility index (Phi) is 6.04. The first-order chi connectivity index (χ1) is 8.29. The molecule has 0 unspecified atom stereocenters. The molecule has 1 aromatic rings. The molecule has 92 valence electrons. The SMILES string of the molecule is C/C=C/CCNC(=O)c1ccccc1CCN. The molecule has 0 atom stereocenters. The Hall–Kier alpha value is -1.61. The molecule has 0 aliphatic rings. The molecule has 3 nitrogen and oxygen atoms in total. The summed E-state index contributed by atoms with van der Waals surface area (Å²) in [6, 6.07) is 7.60. The molecule has 0 heterocycles. The van der Waals surface area contributed by atoms with Gasteiger partial charge in [-0.3, -0.25) is 4.79 Å². The lowest BCUT2D eigenvalue weighted by Crippen LogP contribution is -2.25. The molecular formula is C14H20N2O. The van der Waals surface area contributed by atoms with Crippen molar-refractivity contribution in [3.05, 3.63) is 47.5 Å². The Morgan fingerprint density at radius 1 is 1.41 bits per heavy atom. The van der Waals surface area contributed by atoms with Gasteiger partial charge in [0.05, 0.1) is 0 Å². The Morgan fingerprint density at radius 2 is 2.18 bits per heavy atom. The molecule has 0 aromatic heterocycles. The van der Waals surface area contributed by atoms with Gasteiger partial charge in [0.25, 0.3) is 5.91 Å². The summed E-state index contributed by atoms with van der Waals surface area (Å²) in [5.41, 5.74) is 7.28. The molecule has 1 aromatic carbocycles. The number of benzene rings is 1. The van der Waals surface area contributed by atoms with Crippen molar-refractivity contribution in [3.63, 3.8) is 0 Å². The van der Waals surface area contributed by atoms with E-state index in [1.54, 1.807) is 0 Å². The number of hydrogen-bond acceptors (Lipinski definition) is 2. The van der Waals surface area contributed by atoms with Crippen molar-refractivity contribution in [2.24, 2.45) is 5.73 Å². The van der Waals surface area contributed by atoms with Crippen LogP contribution < -0.4 is 11.1 Å². The summed E-state index contributed by atoms with van der Waals surface area (Å²) in [6.45, 7) is 3.20. The minimum absolute atomic E-state index is 0.0152. The zero-order chi connectivity index (χ0) is 12.5. The van der Waals surface area contributed by atoms with E-state index in [4.69, 9.17) is 5.73 Å². The summed E-state index contributed by atoms with van der Waals surface area (Å²) in [6.07, 6.45) is 5.61. The third kappa shape index (κ3) is 4.41. The largest absolute Gasteiger partial charge is 0.352 e. The highest BCUT2D eigenvalue weighted by molar-refractivity contribution is 5.95. The minimum Gasteiger partial charge on any atom is -0.352 e. The lowest BCUT2D eigenvalue weighted by atomic mass is 10.0. The number of nitrogens with one attached hydrogen (secondary N) is 1. The van der Waals surface area contributed by atoms with Crippen LogP contribution in [-0.4, -0.2) is 19.0 Å². The molecule has 3 N–H and O–H groups in total. The summed E-state index contributed by atoms with van der Waals surface area (Å²) in [4.78, 5) is 11.9. The highest BCUT2D eigenvalue weighted by Gasteiger charge is 2.08. The maximum absolute atomic E-state index is 11.9. The van der Waals surface area contributed by atoms with Gasteiger partial charge in [0.1, 0.15) is 0 Å². The van der Waals surface area contributed by atoms with Gasteiger partial charge in [-0.2, -0.15) is 0 Å². The highest BCUT2D eigenvalue weighted by Crippen LogP contribution is 2.08. The number of allylic oxidation sites excluding steroid dienone is 1. The summed E-state index contributed by atoms with van der Waals surface area (Å²) in [5.74, 6) is -0.0152. The van der Waals surface area contributed by atoms with Crippen LogP contribution in [0.5, 0.6) is 0 Å². The van der Waals surface area contributed by atoms with Crippen LogP contribution in [0.15, 0.2) is 36.4 Å². The second-order valence-electron chi connectivity index (χ2n) is 3.81. The lowest BCUT2D eigenvalue weighted by Gasteiger charge is -2.08. The monoisotopic (exact) mass is 232 g/mol. The summed E-state index contributed by atoms with van der Waals surface area (Å²) < 4.78 is 0. The van der Waals surface area contributed by atoms with E-state index >= 15 is 0 Å². The molecule has 0 bridgehead atoms. The van der Waals surface area contributed by atoms with Gasteiger partial charge in [0, 0.05) is 12.1 Å². The van der Waals surface area contributed by atoms with Gasteiger partial charge < -0.3 is 11.1 Å². The van der Waals surface area contributed by atoms with Crippen LogP contribution in [0.4, 0.5) is 0 Å². The van der Waals surface area contributed by atoms with Crippen molar-refractivity contribution in [1.82, 2.24) is 5.32 Å². The Balaban J connectivity index is 2.61. The number of rotatable bonds is 6. The Bertz CT molecular complexity index is 386. The number of hydrogen-bond donors (Lipinski definition) is 2. The molecule has 0 aliphatic heterocycles. The number of carbonyl (C=O) groups excluding carboxylic acids is 1. The topological polar surface area (TPSA) is 55.1 Å². The maximum Gasteiger partial charge on any atom is 0.251 e. The Morgan fingerprint density at radius 3 is 2.88 bits per heavy atom. The Labute approximate surface area is 103 Å². The van der Waals surface area contributed by atoms with E-state index in [0.29, 0.717) is 13.1 Å². The predicted octanol–water partition coefficient (Wildman–Crippen LogP) is 1.88. The number of nitrogens with two attached hydrogens (primary N) is 1. The minimum atomic E-state index is -0.0152. The number of amides is 1. The van der Waals surface area contributed by atoms with Crippen molar-refractivity contribution in [1.29, 1.82) is 0 Å². The van der Waals surface area contributed by atoms with E-state index in [0.717, 1.165) is 24.0 Å². The van der Waals surface area contributed by atoms with E-state index in [1.165, 1.54) is 0 Å². The normalized spacial score (nSPS) is 10.7. The van der Waals surface area contributed by atoms with Gasteiger partial charge >= 0.3 is 0 Å². The first-order valence-corrected chi connectivity index (χ1v) is 5.97. The molecule has 1 amide bonds. The second-order valence-corrected chi connectivity index (χ2v) is 3.81. The first-order valence-electron chi connectivity index (χ1n) is 5.97. The molecule has 0 saturated carbocycles. The third-order valence-corrected chi connectivity index (χ3v) is 2.51. The molecule has 1 rings (SSSR count). The van der Waals surface area contributed by atoms with Gasteiger partial charge in [-0.1, -0.05) is 30.4 Å². The summed E-state index contributed by atoms with van der Waals surface area (Å²) in [7, 11) is 0. The van der Waals surface area contributed by atoms with Crippen LogP contribution in [0.1, 0.15) is 29.3 Å². The molecule has 0 spiro atoms. The molecular weight excluding hydrogens is 212 g/mol. The van der Waals surface area contributed by atoms with Crippen LogP contribution in [0.3, 0.4) is 0 Å². The molecule has 0 fully saturated rings.